The van der Waals surface area contributed by atoms with Gasteiger partial charge in [-0.05, 0) is 57.1 Å². The van der Waals surface area contributed by atoms with Crippen LogP contribution in [0.3, 0.4) is 0 Å². The summed E-state index contributed by atoms with van der Waals surface area (Å²) in [5.41, 5.74) is 4.75. The number of hydrogen-bond acceptors (Lipinski definition) is 2. The Balaban J connectivity index is 2.55. The summed E-state index contributed by atoms with van der Waals surface area (Å²) in [4.78, 5) is 0. The van der Waals surface area contributed by atoms with Crippen LogP contribution in [0.4, 0.5) is 0 Å². The van der Waals surface area contributed by atoms with Gasteiger partial charge in [-0.15, -0.1) is 0 Å². The number of halogens is 1. The molecule has 2 rings (SSSR count). The first-order chi connectivity index (χ1) is 10.1. The molecule has 0 saturated heterocycles. The molecule has 0 aliphatic heterocycles. The van der Waals surface area contributed by atoms with Gasteiger partial charge in [-0.3, -0.25) is 0 Å². The summed E-state index contributed by atoms with van der Waals surface area (Å²) in [6.45, 7) is 6.85. The lowest BCUT2D eigenvalue weighted by atomic mass is 9.93. The second-order valence-electron chi connectivity index (χ2n) is 5.20. The van der Waals surface area contributed by atoms with Crippen LogP contribution in [-0.2, 0) is 0 Å². The van der Waals surface area contributed by atoms with Gasteiger partial charge in [-0.1, -0.05) is 35.4 Å². The molecule has 0 amide bonds. The fourth-order valence-corrected chi connectivity index (χ4v) is 2.76. The third kappa shape index (κ3) is 3.58. The standard InChI is InChI=1S/C18H22ClNO/c1-5-21-17-9-6-12(2)10-16(17)18(20-4)15-11-14(19)8-7-13(15)3/h6-11,18,20H,5H2,1-4H3. The molecule has 0 radical (unpaired) electrons. The SMILES string of the molecule is CCOc1ccc(C)cc1C(NC)c1cc(Cl)ccc1C. The summed E-state index contributed by atoms with van der Waals surface area (Å²) < 4.78 is 5.79. The largest absolute Gasteiger partial charge is 0.494 e. The topological polar surface area (TPSA) is 21.3 Å². The first-order valence-corrected chi connectivity index (χ1v) is 7.61. The predicted octanol–water partition coefficient (Wildman–Crippen LogP) is 4.66. The fraction of sp³-hybridized carbons (Fsp3) is 0.333. The zero-order valence-electron chi connectivity index (χ0n) is 13.0. The van der Waals surface area contributed by atoms with E-state index in [0.717, 1.165) is 16.3 Å². The molecule has 112 valence electrons. The summed E-state index contributed by atoms with van der Waals surface area (Å²) >= 11 is 6.18. The van der Waals surface area contributed by atoms with E-state index in [2.05, 4.69) is 37.4 Å². The van der Waals surface area contributed by atoms with E-state index >= 15 is 0 Å². The molecular formula is C18H22ClNO. The van der Waals surface area contributed by atoms with Crippen LogP contribution in [0.1, 0.15) is 35.2 Å². The van der Waals surface area contributed by atoms with Crippen LogP contribution < -0.4 is 10.1 Å². The van der Waals surface area contributed by atoms with Crippen LogP contribution in [0, 0.1) is 13.8 Å². The highest BCUT2D eigenvalue weighted by Crippen LogP contribution is 2.33. The first-order valence-electron chi connectivity index (χ1n) is 7.23. The molecule has 21 heavy (non-hydrogen) atoms. The minimum absolute atomic E-state index is 0.0603. The molecule has 0 bridgehead atoms. The summed E-state index contributed by atoms with van der Waals surface area (Å²) in [6.07, 6.45) is 0. The van der Waals surface area contributed by atoms with Crippen LogP contribution >= 0.6 is 11.6 Å². The van der Waals surface area contributed by atoms with Gasteiger partial charge >= 0.3 is 0 Å². The van der Waals surface area contributed by atoms with Crippen LogP contribution in [0.15, 0.2) is 36.4 Å². The van der Waals surface area contributed by atoms with Gasteiger partial charge in [-0.25, -0.2) is 0 Å². The van der Waals surface area contributed by atoms with E-state index < -0.39 is 0 Å². The van der Waals surface area contributed by atoms with E-state index in [1.807, 2.05) is 32.2 Å². The van der Waals surface area contributed by atoms with Crippen LogP contribution in [0.5, 0.6) is 5.75 Å². The molecule has 2 nitrogen and oxygen atoms in total. The van der Waals surface area contributed by atoms with E-state index in [9.17, 15) is 0 Å². The zero-order chi connectivity index (χ0) is 15.4. The van der Waals surface area contributed by atoms with Crippen molar-refractivity contribution in [1.82, 2.24) is 5.32 Å². The predicted molar refractivity (Wildman–Crippen MR) is 89.4 cm³/mol. The summed E-state index contributed by atoms with van der Waals surface area (Å²) in [5.74, 6) is 0.918. The Morgan fingerprint density at radius 1 is 1.10 bits per heavy atom. The zero-order valence-corrected chi connectivity index (χ0v) is 13.8. The molecule has 0 spiro atoms. The molecule has 0 heterocycles. The molecule has 1 N–H and O–H groups in total. The highest BCUT2D eigenvalue weighted by Gasteiger charge is 2.19. The van der Waals surface area contributed by atoms with Crippen molar-refractivity contribution in [3.05, 3.63) is 63.7 Å². The van der Waals surface area contributed by atoms with E-state index in [0.29, 0.717) is 6.61 Å². The van der Waals surface area contributed by atoms with Crippen molar-refractivity contribution >= 4 is 11.6 Å². The van der Waals surface area contributed by atoms with Gasteiger partial charge in [0.1, 0.15) is 5.75 Å². The number of aryl methyl sites for hydroxylation is 2. The monoisotopic (exact) mass is 303 g/mol. The molecule has 0 fully saturated rings. The summed E-state index contributed by atoms with van der Waals surface area (Å²) in [6, 6.07) is 12.4. The van der Waals surface area contributed by atoms with Crippen molar-refractivity contribution < 1.29 is 4.74 Å². The molecule has 0 aliphatic rings. The number of benzene rings is 2. The summed E-state index contributed by atoms with van der Waals surface area (Å²) in [5, 5.41) is 4.14. The van der Waals surface area contributed by atoms with Crippen molar-refractivity contribution in [2.24, 2.45) is 0 Å². The Morgan fingerprint density at radius 3 is 2.52 bits per heavy atom. The molecule has 0 aromatic heterocycles. The maximum Gasteiger partial charge on any atom is 0.124 e. The van der Waals surface area contributed by atoms with E-state index in [4.69, 9.17) is 16.3 Å². The quantitative estimate of drug-likeness (QED) is 0.867. The lowest BCUT2D eigenvalue weighted by molar-refractivity contribution is 0.334. The molecule has 1 unspecified atom stereocenters. The Bertz CT molecular complexity index is 625. The van der Waals surface area contributed by atoms with Crippen molar-refractivity contribution in [3.63, 3.8) is 0 Å². The molecule has 2 aromatic rings. The van der Waals surface area contributed by atoms with Crippen molar-refractivity contribution in [3.8, 4) is 5.75 Å². The van der Waals surface area contributed by atoms with Gasteiger partial charge in [0.25, 0.3) is 0 Å². The van der Waals surface area contributed by atoms with Crippen LogP contribution in [-0.4, -0.2) is 13.7 Å². The second kappa shape index (κ2) is 6.97. The minimum Gasteiger partial charge on any atom is -0.494 e. The van der Waals surface area contributed by atoms with Crippen molar-refractivity contribution in [1.29, 1.82) is 0 Å². The number of hydrogen-bond donors (Lipinski definition) is 1. The minimum atomic E-state index is 0.0603. The van der Waals surface area contributed by atoms with Gasteiger partial charge in [0.15, 0.2) is 0 Å². The second-order valence-corrected chi connectivity index (χ2v) is 5.63. The van der Waals surface area contributed by atoms with Crippen molar-refractivity contribution in [2.45, 2.75) is 26.8 Å². The first kappa shape index (κ1) is 15.9. The van der Waals surface area contributed by atoms with Crippen LogP contribution in [0.2, 0.25) is 5.02 Å². The Labute approximate surface area is 132 Å². The highest BCUT2D eigenvalue weighted by atomic mass is 35.5. The van der Waals surface area contributed by atoms with Gasteiger partial charge in [0.2, 0.25) is 0 Å². The van der Waals surface area contributed by atoms with E-state index in [1.165, 1.54) is 16.7 Å². The normalized spacial score (nSPS) is 12.2. The molecule has 2 aromatic carbocycles. The van der Waals surface area contributed by atoms with Gasteiger partial charge in [0.05, 0.1) is 12.6 Å². The molecule has 0 saturated carbocycles. The van der Waals surface area contributed by atoms with E-state index in [1.54, 1.807) is 0 Å². The van der Waals surface area contributed by atoms with Gasteiger partial charge in [-0.2, -0.15) is 0 Å². The van der Waals surface area contributed by atoms with E-state index in [-0.39, 0.29) is 6.04 Å². The third-order valence-electron chi connectivity index (χ3n) is 3.62. The third-order valence-corrected chi connectivity index (χ3v) is 3.85. The molecule has 0 aliphatic carbocycles. The number of ether oxygens (including phenoxy) is 1. The smallest absolute Gasteiger partial charge is 0.124 e. The average molecular weight is 304 g/mol. The van der Waals surface area contributed by atoms with Gasteiger partial charge in [0, 0.05) is 10.6 Å². The molecule has 1 atom stereocenters. The molecule has 3 heteroatoms. The lowest BCUT2D eigenvalue weighted by Crippen LogP contribution is -2.20. The maximum atomic E-state index is 6.18. The lowest BCUT2D eigenvalue weighted by Gasteiger charge is -2.23. The number of nitrogens with one attached hydrogen (secondary N) is 1. The highest BCUT2D eigenvalue weighted by molar-refractivity contribution is 6.30. The average Bonchev–Trinajstić information content (AvgIpc) is 2.46. The fourth-order valence-electron chi connectivity index (χ4n) is 2.58. The van der Waals surface area contributed by atoms with Gasteiger partial charge < -0.3 is 10.1 Å². The van der Waals surface area contributed by atoms with Crippen LogP contribution in [0.25, 0.3) is 0 Å². The Kier molecular flexibility index (Phi) is 5.27. The summed E-state index contributed by atoms with van der Waals surface area (Å²) in [7, 11) is 1.96. The Hall–Kier alpha value is -1.51. The maximum absolute atomic E-state index is 6.18. The van der Waals surface area contributed by atoms with Crippen molar-refractivity contribution in [2.75, 3.05) is 13.7 Å². The molecular weight excluding hydrogens is 282 g/mol. The Morgan fingerprint density at radius 2 is 1.86 bits per heavy atom. The number of rotatable bonds is 5.